The maximum absolute atomic E-state index is 11.1. The first-order valence-corrected chi connectivity index (χ1v) is 8.24. The monoisotopic (exact) mass is 288 g/mol. The van der Waals surface area contributed by atoms with E-state index in [-0.39, 0.29) is 0 Å². The Morgan fingerprint density at radius 2 is 1.40 bits per heavy atom. The van der Waals surface area contributed by atoms with Gasteiger partial charge in [-0.2, -0.15) is 0 Å². The highest BCUT2D eigenvalue weighted by Crippen LogP contribution is 2.27. The number of halogens is 2. The van der Waals surface area contributed by atoms with E-state index in [1.165, 1.54) is 6.07 Å². The van der Waals surface area contributed by atoms with Crippen molar-refractivity contribution in [2.24, 2.45) is 0 Å². The van der Waals surface area contributed by atoms with Gasteiger partial charge in [-0.05, 0) is 24.6 Å². The zero-order chi connectivity index (χ0) is 11.9. The first-order chi connectivity index (χ1) is 6.62. The summed E-state index contributed by atoms with van der Waals surface area (Å²) in [4.78, 5) is -1.01. The fourth-order valence-corrected chi connectivity index (χ4v) is 3.89. The van der Waals surface area contributed by atoms with Crippen LogP contribution in [0.4, 0.5) is 0 Å². The lowest BCUT2D eigenvalue weighted by molar-refractivity contribution is 0.597. The van der Waals surface area contributed by atoms with E-state index in [4.69, 9.17) is 21.4 Å². The molecule has 0 aromatic heterocycles. The van der Waals surface area contributed by atoms with Gasteiger partial charge < -0.3 is 0 Å². The molecule has 0 spiro atoms. The number of rotatable bonds is 2. The number of benzene rings is 1. The van der Waals surface area contributed by atoms with Gasteiger partial charge in [-0.25, -0.2) is 16.8 Å². The van der Waals surface area contributed by atoms with E-state index < -0.39 is 27.9 Å². The predicted octanol–water partition coefficient (Wildman–Crippen LogP) is 1.85. The molecule has 0 heterocycles. The van der Waals surface area contributed by atoms with Crippen molar-refractivity contribution < 1.29 is 16.8 Å². The van der Waals surface area contributed by atoms with Gasteiger partial charge in [-0.15, -0.1) is 0 Å². The summed E-state index contributed by atoms with van der Waals surface area (Å²) in [5.41, 5.74) is 0.568. The minimum absolute atomic E-state index is 0.501. The lowest BCUT2D eigenvalue weighted by Crippen LogP contribution is -2.01. The third-order valence-electron chi connectivity index (χ3n) is 1.62. The van der Waals surface area contributed by atoms with Crippen LogP contribution in [0.25, 0.3) is 0 Å². The largest absolute Gasteiger partial charge is 0.262 e. The van der Waals surface area contributed by atoms with Gasteiger partial charge in [0.2, 0.25) is 0 Å². The molecule has 1 rings (SSSR count). The quantitative estimate of drug-likeness (QED) is 0.779. The molecular weight excluding hydrogens is 283 g/mol. The molecule has 0 saturated heterocycles. The second kappa shape index (κ2) is 3.93. The van der Waals surface area contributed by atoms with Crippen LogP contribution >= 0.6 is 21.4 Å². The van der Waals surface area contributed by atoms with E-state index in [0.717, 1.165) is 12.1 Å². The first kappa shape index (κ1) is 12.8. The lowest BCUT2D eigenvalue weighted by Gasteiger charge is -2.04. The number of hydrogen-bond donors (Lipinski definition) is 0. The predicted molar refractivity (Wildman–Crippen MR) is 57.3 cm³/mol. The zero-order valence-corrected chi connectivity index (χ0v) is 10.6. The van der Waals surface area contributed by atoms with Crippen molar-refractivity contribution in [1.29, 1.82) is 0 Å². The molecule has 8 heteroatoms. The third kappa shape index (κ3) is 3.07. The second-order valence-electron chi connectivity index (χ2n) is 2.83. The molecule has 0 aliphatic carbocycles. The minimum atomic E-state index is -4.13. The summed E-state index contributed by atoms with van der Waals surface area (Å²) >= 11 is 0. The molecule has 0 aliphatic heterocycles. The topological polar surface area (TPSA) is 68.3 Å². The van der Waals surface area contributed by atoms with Crippen molar-refractivity contribution in [1.82, 2.24) is 0 Å². The van der Waals surface area contributed by atoms with Crippen LogP contribution < -0.4 is 0 Å². The Morgan fingerprint density at radius 1 is 0.933 bits per heavy atom. The van der Waals surface area contributed by atoms with E-state index in [0.29, 0.717) is 5.56 Å². The van der Waals surface area contributed by atoms with Crippen molar-refractivity contribution >= 4 is 39.5 Å². The maximum atomic E-state index is 11.1. The molecule has 0 bridgehead atoms. The summed E-state index contributed by atoms with van der Waals surface area (Å²) in [6, 6.07) is 3.69. The Balaban J connectivity index is 3.71. The normalized spacial score (nSPS) is 12.7. The summed E-state index contributed by atoms with van der Waals surface area (Å²) in [7, 11) is 1.91. The fraction of sp³-hybridized carbons (Fsp3) is 0.143. The lowest BCUT2D eigenvalue weighted by atomic mass is 10.2. The van der Waals surface area contributed by atoms with Gasteiger partial charge in [-0.3, -0.25) is 0 Å². The molecule has 0 fully saturated rings. The van der Waals surface area contributed by atoms with E-state index in [2.05, 4.69) is 0 Å². The van der Waals surface area contributed by atoms with Crippen molar-refractivity contribution in [2.45, 2.75) is 16.7 Å². The molecule has 0 atom stereocenters. The molecule has 1 aromatic rings. The highest BCUT2D eigenvalue weighted by Gasteiger charge is 2.23. The average molecular weight is 289 g/mol. The number of aryl methyl sites for hydroxylation is 1. The summed E-state index contributed by atoms with van der Waals surface area (Å²) in [5, 5.41) is 0. The van der Waals surface area contributed by atoms with Crippen LogP contribution in [0.1, 0.15) is 5.56 Å². The van der Waals surface area contributed by atoms with Crippen LogP contribution in [-0.4, -0.2) is 16.8 Å². The van der Waals surface area contributed by atoms with E-state index in [9.17, 15) is 16.8 Å². The third-order valence-corrected chi connectivity index (χ3v) is 4.50. The molecule has 84 valence electrons. The molecule has 0 saturated carbocycles. The van der Waals surface area contributed by atoms with Crippen LogP contribution in [0.2, 0.25) is 0 Å². The molecular formula is C7H6Cl2O4S2. The molecule has 15 heavy (non-hydrogen) atoms. The Bertz CT molecular complexity index is 589. The van der Waals surface area contributed by atoms with E-state index >= 15 is 0 Å². The maximum Gasteiger partial charge on any atom is 0.262 e. The smallest absolute Gasteiger partial charge is 0.207 e. The molecule has 4 nitrogen and oxygen atoms in total. The van der Waals surface area contributed by atoms with Crippen molar-refractivity contribution in [3.8, 4) is 0 Å². The van der Waals surface area contributed by atoms with Crippen molar-refractivity contribution in [3.63, 3.8) is 0 Å². The molecule has 0 radical (unpaired) electrons. The molecule has 0 N–H and O–H groups in total. The highest BCUT2D eigenvalue weighted by molar-refractivity contribution is 8.16. The zero-order valence-electron chi connectivity index (χ0n) is 7.44. The van der Waals surface area contributed by atoms with Crippen LogP contribution in [0.5, 0.6) is 0 Å². The Labute approximate surface area is 96.7 Å². The molecule has 0 amide bonds. The Morgan fingerprint density at radius 3 is 1.80 bits per heavy atom. The fourth-order valence-electron chi connectivity index (χ4n) is 1.01. The first-order valence-electron chi connectivity index (χ1n) is 3.62. The van der Waals surface area contributed by atoms with Crippen LogP contribution in [0.15, 0.2) is 28.0 Å². The van der Waals surface area contributed by atoms with Crippen LogP contribution in [0, 0.1) is 6.92 Å². The summed E-state index contributed by atoms with van der Waals surface area (Å²) < 4.78 is 44.3. The minimum Gasteiger partial charge on any atom is -0.207 e. The summed E-state index contributed by atoms with van der Waals surface area (Å²) in [6.07, 6.45) is 0. The van der Waals surface area contributed by atoms with Gasteiger partial charge in [0.15, 0.2) is 0 Å². The van der Waals surface area contributed by atoms with Crippen LogP contribution in [0.3, 0.4) is 0 Å². The van der Waals surface area contributed by atoms with Crippen molar-refractivity contribution in [2.75, 3.05) is 0 Å². The van der Waals surface area contributed by atoms with Gasteiger partial charge in [0.25, 0.3) is 18.1 Å². The van der Waals surface area contributed by atoms with Gasteiger partial charge in [0.05, 0.1) is 0 Å². The average Bonchev–Trinajstić information content (AvgIpc) is 2.00. The summed E-state index contributed by atoms with van der Waals surface area (Å²) in [6.45, 7) is 1.61. The second-order valence-corrected chi connectivity index (χ2v) is 7.89. The molecule has 0 unspecified atom stereocenters. The highest BCUT2D eigenvalue weighted by atomic mass is 35.7. The SMILES string of the molecule is Cc1ccc(S(=O)(=O)Cl)c(S(=O)(=O)Cl)c1. The Kier molecular flexibility index (Phi) is 3.35. The molecule has 1 aromatic carbocycles. The Hall–Kier alpha value is -0.300. The van der Waals surface area contributed by atoms with Gasteiger partial charge >= 0.3 is 0 Å². The standard InChI is InChI=1S/C7H6Cl2O4S2/c1-5-2-3-6(14(8,10)11)7(4-5)15(9,12)13/h2-4H,1H3. The van der Waals surface area contributed by atoms with E-state index in [1.807, 2.05) is 0 Å². The van der Waals surface area contributed by atoms with Gasteiger partial charge in [-0.1, -0.05) is 6.07 Å². The van der Waals surface area contributed by atoms with Gasteiger partial charge in [0, 0.05) is 21.4 Å². The summed E-state index contributed by atoms with van der Waals surface area (Å²) in [5.74, 6) is 0. The van der Waals surface area contributed by atoms with Crippen LogP contribution in [-0.2, 0) is 18.1 Å². The van der Waals surface area contributed by atoms with E-state index in [1.54, 1.807) is 6.92 Å². The number of hydrogen-bond acceptors (Lipinski definition) is 4. The molecule has 0 aliphatic rings. The van der Waals surface area contributed by atoms with Gasteiger partial charge in [0.1, 0.15) is 9.79 Å². The van der Waals surface area contributed by atoms with Crippen molar-refractivity contribution in [3.05, 3.63) is 23.8 Å².